The number of nitrogens with one attached hydrogen (secondary N) is 1. The smallest absolute Gasteiger partial charge is 0.233 e. The standard InChI is InChI=1S/C20H22N2O4/c1-2-26-15-6-4-3-5-14(15)21-16(23)9-10-22-19(24)17-12-7-8-13(11-12)18(17)20(22)25/h3-8,12-13,17-18H,2,9-11H2,1H3,(H,21,23)/t12-,13-,17-,18+/m0/s1. The van der Waals surface area contributed by atoms with Crippen LogP contribution >= 0.6 is 0 Å². The summed E-state index contributed by atoms with van der Waals surface area (Å²) in [6.45, 7) is 2.51. The van der Waals surface area contributed by atoms with Crippen LogP contribution in [0.5, 0.6) is 5.75 Å². The SMILES string of the molecule is CCOc1ccccc1NC(=O)CCN1C(=O)[C@@H]2[C@H](C1=O)[C@H]1C=C[C@H]2C1. The Hall–Kier alpha value is -2.63. The molecule has 0 spiro atoms. The molecule has 26 heavy (non-hydrogen) atoms. The average molecular weight is 354 g/mol. The van der Waals surface area contributed by atoms with Gasteiger partial charge in [-0.25, -0.2) is 0 Å². The van der Waals surface area contributed by atoms with Crippen LogP contribution in [0.1, 0.15) is 19.8 Å². The number of nitrogens with zero attached hydrogens (tertiary/aromatic N) is 1. The van der Waals surface area contributed by atoms with Crippen molar-refractivity contribution in [1.29, 1.82) is 0 Å². The Morgan fingerprint density at radius 2 is 1.81 bits per heavy atom. The van der Waals surface area contributed by atoms with Crippen LogP contribution in [0.4, 0.5) is 5.69 Å². The number of likely N-dealkylation sites (tertiary alicyclic amines) is 1. The topological polar surface area (TPSA) is 75.7 Å². The maximum Gasteiger partial charge on any atom is 0.233 e. The molecule has 3 aliphatic rings. The van der Waals surface area contributed by atoms with Crippen LogP contribution in [0.25, 0.3) is 0 Å². The van der Waals surface area contributed by atoms with E-state index in [-0.39, 0.29) is 54.4 Å². The zero-order valence-electron chi connectivity index (χ0n) is 14.7. The largest absolute Gasteiger partial charge is 0.492 e. The molecule has 136 valence electrons. The number of hydrogen-bond donors (Lipinski definition) is 1. The molecule has 1 N–H and O–H groups in total. The van der Waals surface area contributed by atoms with E-state index in [9.17, 15) is 14.4 Å². The number of ether oxygens (including phenoxy) is 1. The Labute approximate surface area is 152 Å². The lowest BCUT2D eigenvalue weighted by atomic mass is 9.85. The van der Waals surface area contributed by atoms with Gasteiger partial charge in [0.05, 0.1) is 24.1 Å². The average Bonchev–Trinajstić information content (AvgIpc) is 3.30. The summed E-state index contributed by atoms with van der Waals surface area (Å²) >= 11 is 0. The summed E-state index contributed by atoms with van der Waals surface area (Å²) < 4.78 is 5.49. The normalized spacial score (nSPS) is 28.6. The molecular weight excluding hydrogens is 332 g/mol. The third kappa shape index (κ3) is 2.69. The summed E-state index contributed by atoms with van der Waals surface area (Å²) in [5.41, 5.74) is 0.595. The van der Waals surface area contributed by atoms with Crippen LogP contribution < -0.4 is 10.1 Å². The van der Waals surface area contributed by atoms with Crippen LogP contribution in [0.2, 0.25) is 0 Å². The van der Waals surface area contributed by atoms with Gasteiger partial charge < -0.3 is 10.1 Å². The molecular formula is C20H22N2O4. The van der Waals surface area contributed by atoms with Crippen molar-refractivity contribution < 1.29 is 19.1 Å². The first-order valence-corrected chi connectivity index (χ1v) is 9.15. The summed E-state index contributed by atoms with van der Waals surface area (Å²) in [6, 6.07) is 7.21. The highest BCUT2D eigenvalue weighted by Crippen LogP contribution is 2.52. The van der Waals surface area contributed by atoms with E-state index in [2.05, 4.69) is 17.5 Å². The number of imide groups is 1. The van der Waals surface area contributed by atoms with E-state index in [1.54, 1.807) is 12.1 Å². The van der Waals surface area contributed by atoms with E-state index in [1.807, 2.05) is 19.1 Å². The maximum atomic E-state index is 12.6. The van der Waals surface area contributed by atoms with Gasteiger partial charge in [0.25, 0.3) is 0 Å². The van der Waals surface area contributed by atoms with Crippen LogP contribution in [0.15, 0.2) is 36.4 Å². The van der Waals surface area contributed by atoms with Gasteiger partial charge in [-0.3, -0.25) is 19.3 Å². The summed E-state index contributed by atoms with van der Waals surface area (Å²) in [5.74, 6) is 0.110. The van der Waals surface area contributed by atoms with E-state index < -0.39 is 0 Å². The number of para-hydroxylation sites is 2. The first-order chi connectivity index (χ1) is 12.6. The van der Waals surface area contributed by atoms with Gasteiger partial charge in [0, 0.05) is 13.0 Å². The zero-order valence-corrected chi connectivity index (χ0v) is 14.7. The van der Waals surface area contributed by atoms with Crippen LogP contribution in [0, 0.1) is 23.7 Å². The number of fused-ring (bicyclic) bond motifs is 5. The van der Waals surface area contributed by atoms with Gasteiger partial charge in [-0.1, -0.05) is 24.3 Å². The van der Waals surface area contributed by atoms with E-state index in [4.69, 9.17) is 4.74 Å². The molecule has 4 rings (SSSR count). The molecule has 2 aliphatic carbocycles. The van der Waals surface area contributed by atoms with Gasteiger partial charge in [-0.2, -0.15) is 0 Å². The number of benzene rings is 1. The molecule has 1 aliphatic heterocycles. The van der Waals surface area contributed by atoms with Crippen molar-refractivity contribution in [3.8, 4) is 5.75 Å². The molecule has 6 heteroatoms. The monoisotopic (exact) mass is 354 g/mol. The number of carbonyl (C=O) groups excluding carboxylic acids is 3. The van der Waals surface area contributed by atoms with Crippen molar-refractivity contribution in [2.75, 3.05) is 18.5 Å². The van der Waals surface area contributed by atoms with Gasteiger partial charge in [0.15, 0.2) is 0 Å². The quantitative estimate of drug-likeness (QED) is 0.628. The van der Waals surface area contributed by atoms with Crippen molar-refractivity contribution in [3.63, 3.8) is 0 Å². The Kier molecular flexibility index (Phi) is 4.26. The molecule has 1 saturated heterocycles. The van der Waals surface area contributed by atoms with Gasteiger partial charge in [-0.05, 0) is 37.3 Å². The Morgan fingerprint density at radius 3 is 2.46 bits per heavy atom. The first-order valence-electron chi connectivity index (χ1n) is 9.15. The van der Waals surface area contributed by atoms with Crippen molar-refractivity contribution >= 4 is 23.4 Å². The zero-order chi connectivity index (χ0) is 18.3. The fourth-order valence-corrected chi connectivity index (χ4v) is 4.46. The van der Waals surface area contributed by atoms with E-state index in [1.165, 1.54) is 4.90 Å². The van der Waals surface area contributed by atoms with Crippen molar-refractivity contribution in [3.05, 3.63) is 36.4 Å². The predicted molar refractivity (Wildman–Crippen MR) is 95.3 cm³/mol. The Morgan fingerprint density at radius 1 is 1.15 bits per heavy atom. The second kappa shape index (κ2) is 6.59. The molecule has 0 aromatic heterocycles. The van der Waals surface area contributed by atoms with Crippen LogP contribution in [-0.4, -0.2) is 35.8 Å². The highest BCUT2D eigenvalue weighted by atomic mass is 16.5. The van der Waals surface area contributed by atoms with Crippen LogP contribution in [0.3, 0.4) is 0 Å². The van der Waals surface area contributed by atoms with Crippen LogP contribution in [-0.2, 0) is 14.4 Å². The molecule has 3 amide bonds. The summed E-state index contributed by atoms with van der Waals surface area (Å²) in [7, 11) is 0. The van der Waals surface area contributed by atoms with Crippen molar-refractivity contribution in [1.82, 2.24) is 4.90 Å². The lowest BCUT2D eigenvalue weighted by Crippen LogP contribution is -2.35. The summed E-state index contributed by atoms with van der Waals surface area (Å²) in [5, 5.41) is 2.80. The van der Waals surface area contributed by atoms with E-state index >= 15 is 0 Å². The lowest BCUT2D eigenvalue weighted by Gasteiger charge is -2.17. The van der Waals surface area contributed by atoms with E-state index in [0.29, 0.717) is 18.0 Å². The highest BCUT2D eigenvalue weighted by Gasteiger charge is 2.58. The number of anilines is 1. The van der Waals surface area contributed by atoms with Gasteiger partial charge in [-0.15, -0.1) is 0 Å². The fraction of sp³-hybridized carbons (Fsp3) is 0.450. The minimum atomic E-state index is -0.240. The third-order valence-corrected chi connectivity index (χ3v) is 5.59. The number of amides is 3. The second-order valence-electron chi connectivity index (χ2n) is 7.06. The number of rotatable bonds is 6. The number of allylic oxidation sites excluding steroid dienone is 2. The number of hydrogen-bond acceptors (Lipinski definition) is 4. The molecule has 6 nitrogen and oxygen atoms in total. The molecule has 0 radical (unpaired) electrons. The molecule has 1 aromatic carbocycles. The Balaban J connectivity index is 1.37. The van der Waals surface area contributed by atoms with Crippen molar-refractivity contribution in [2.45, 2.75) is 19.8 Å². The first kappa shape index (κ1) is 16.8. The lowest BCUT2D eigenvalue weighted by molar-refractivity contribution is -0.140. The predicted octanol–water partition coefficient (Wildman–Crippen LogP) is 2.22. The molecule has 1 heterocycles. The molecule has 2 fully saturated rings. The molecule has 1 saturated carbocycles. The minimum absolute atomic E-state index is 0.0835. The fourth-order valence-electron chi connectivity index (χ4n) is 4.46. The summed E-state index contributed by atoms with van der Waals surface area (Å²) in [6.07, 6.45) is 5.13. The molecule has 2 bridgehead atoms. The number of carbonyl (C=O) groups is 3. The summed E-state index contributed by atoms with van der Waals surface area (Å²) in [4.78, 5) is 38.8. The molecule has 4 atom stereocenters. The Bertz CT molecular complexity index is 758. The van der Waals surface area contributed by atoms with E-state index in [0.717, 1.165) is 6.42 Å². The maximum absolute atomic E-state index is 12.6. The highest BCUT2D eigenvalue weighted by molar-refractivity contribution is 6.06. The minimum Gasteiger partial charge on any atom is -0.492 e. The molecule has 0 unspecified atom stereocenters. The van der Waals surface area contributed by atoms with Gasteiger partial charge in [0.2, 0.25) is 17.7 Å². The van der Waals surface area contributed by atoms with Gasteiger partial charge >= 0.3 is 0 Å². The van der Waals surface area contributed by atoms with Crippen molar-refractivity contribution in [2.24, 2.45) is 23.7 Å². The molecule has 1 aromatic rings. The third-order valence-electron chi connectivity index (χ3n) is 5.59. The second-order valence-corrected chi connectivity index (χ2v) is 7.06. The van der Waals surface area contributed by atoms with Gasteiger partial charge in [0.1, 0.15) is 5.75 Å².